The average Bonchev–Trinajstić information content (AvgIpc) is 2.44. The van der Waals surface area contributed by atoms with Gasteiger partial charge in [0.15, 0.2) is 0 Å². The Labute approximate surface area is 118 Å². The van der Waals surface area contributed by atoms with Gasteiger partial charge >= 0.3 is 0 Å². The molecule has 1 rings (SSSR count). The van der Waals surface area contributed by atoms with Crippen LogP contribution in [0, 0.1) is 0 Å². The van der Waals surface area contributed by atoms with Crippen molar-refractivity contribution in [2.75, 3.05) is 33.2 Å². The topological polar surface area (TPSA) is 44.4 Å². The molecule has 1 aliphatic carbocycles. The largest absolute Gasteiger partial charge is 0.355 e. The van der Waals surface area contributed by atoms with Crippen molar-refractivity contribution in [3.8, 4) is 0 Å². The van der Waals surface area contributed by atoms with Gasteiger partial charge in [-0.25, -0.2) is 0 Å². The fraction of sp³-hybridized carbons (Fsp3) is 0.933. The standard InChI is InChI=1S/C15H31N3O/c1-3-10-16-13-15(19)17-11-7-12-18(2)14-8-5-4-6-9-14/h14,16H,3-13H2,1-2H3,(H,17,19). The summed E-state index contributed by atoms with van der Waals surface area (Å²) >= 11 is 0. The minimum absolute atomic E-state index is 0.119. The Hall–Kier alpha value is -0.610. The van der Waals surface area contributed by atoms with Crippen LogP contribution in [0.3, 0.4) is 0 Å². The molecule has 1 aliphatic rings. The molecule has 4 nitrogen and oxygen atoms in total. The maximum Gasteiger partial charge on any atom is 0.233 e. The molecule has 2 N–H and O–H groups in total. The van der Waals surface area contributed by atoms with Crippen LogP contribution in [0.4, 0.5) is 0 Å². The van der Waals surface area contributed by atoms with Crippen LogP contribution in [0.25, 0.3) is 0 Å². The van der Waals surface area contributed by atoms with Crippen molar-refractivity contribution in [2.24, 2.45) is 0 Å². The molecule has 0 saturated heterocycles. The van der Waals surface area contributed by atoms with Gasteiger partial charge in [0.05, 0.1) is 6.54 Å². The summed E-state index contributed by atoms with van der Waals surface area (Å²) < 4.78 is 0. The zero-order valence-electron chi connectivity index (χ0n) is 12.7. The number of rotatable bonds is 9. The molecule has 0 aromatic rings. The SMILES string of the molecule is CCCNCC(=O)NCCCN(C)C1CCCCC1. The van der Waals surface area contributed by atoms with E-state index < -0.39 is 0 Å². The van der Waals surface area contributed by atoms with Crippen LogP contribution in [0.15, 0.2) is 0 Å². The molecular formula is C15H31N3O. The fourth-order valence-electron chi connectivity index (χ4n) is 2.70. The number of hydrogen-bond donors (Lipinski definition) is 2. The Morgan fingerprint density at radius 3 is 2.63 bits per heavy atom. The fourth-order valence-corrected chi connectivity index (χ4v) is 2.70. The van der Waals surface area contributed by atoms with Crippen molar-refractivity contribution in [2.45, 2.75) is 57.9 Å². The van der Waals surface area contributed by atoms with Gasteiger partial charge in [-0.1, -0.05) is 26.2 Å². The second kappa shape index (κ2) is 10.2. The first-order chi connectivity index (χ1) is 9.24. The third kappa shape index (κ3) is 7.53. The van der Waals surface area contributed by atoms with E-state index in [0.29, 0.717) is 6.54 Å². The highest BCUT2D eigenvalue weighted by Crippen LogP contribution is 2.21. The Bertz CT molecular complexity index is 240. The van der Waals surface area contributed by atoms with Gasteiger partial charge in [0, 0.05) is 12.6 Å². The first kappa shape index (κ1) is 16.4. The van der Waals surface area contributed by atoms with Gasteiger partial charge in [-0.2, -0.15) is 0 Å². The summed E-state index contributed by atoms with van der Waals surface area (Å²) in [6, 6.07) is 0.774. The number of amides is 1. The van der Waals surface area contributed by atoms with E-state index in [1.807, 2.05) is 0 Å². The van der Waals surface area contributed by atoms with Crippen molar-refractivity contribution in [3.05, 3.63) is 0 Å². The predicted octanol–water partition coefficient (Wildman–Crippen LogP) is 1.76. The lowest BCUT2D eigenvalue weighted by Crippen LogP contribution is -2.37. The molecule has 0 radical (unpaired) electrons. The van der Waals surface area contributed by atoms with E-state index in [9.17, 15) is 4.79 Å². The molecule has 0 atom stereocenters. The zero-order chi connectivity index (χ0) is 13.9. The molecule has 0 aromatic carbocycles. The normalized spacial score (nSPS) is 16.8. The molecule has 0 aliphatic heterocycles. The van der Waals surface area contributed by atoms with E-state index in [1.54, 1.807) is 0 Å². The summed E-state index contributed by atoms with van der Waals surface area (Å²) in [5.74, 6) is 0.119. The molecule has 0 bridgehead atoms. The van der Waals surface area contributed by atoms with Crippen LogP contribution in [0.5, 0.6) is 0 Å². The number of hydrogen-bond acceptors (Lipinski definition) is 3. The Morgan fingerprint density at radius 2 is 1.95 bits per heavy atom. The third-order valence-corrected chi connectivity index (χ3v) is 3.92. The third-order valence-electron chi connectivity index (χ3n) is 3.92. The number of nitrogens with zero attached hydrogens (tertiary/aromatic N) is 1. The summed E-state index contributed by atoms with van der Waals surface area (Å²) in [5, 5.41) is 6.09. The number of carbonyl (C=O) groups is 1. The Balaban J connectivity index is 1.98. The van der Waals surface area contributed by atoms with E-state index in [1.165, 1.54) is 32.1 Å². The molecule has 0 unspecified atom stereocenters. The maximum atomic E-state index is 11.5. The lowest BCUT2D eigenvalue weighted by atomic mass is 9.94. The van der Waals surface area contributed by atoms with Crippen LogP contribution in [-0.4, -0.2) is 50.1 Å². The van der Waals surface area contributed by atoms with Crippen molar-refractivity contribution < 1.29 is 4.79 Å². The Morgan fingerprint density at radius 1 is 1.21 bits per heavy atom. The molecule has 0 heterocycles. The molecule has 4 heteroatoms. The summed E-state index contributed by atoms with van der Waals surface area (Å²) in [6.45, 7) is 5.35. The van der Waals surface area contributed by atoms with Gasteiger partial charge in [-0.05, 0) is 45.8 Å². The highest BCUT2D eigenvalue weighted by molar-refractivity contribution is 5.77. The van der Waals surface area contributed by atoms with Gasteiger partial charge < -0.3 is 15.5 Å². The summed E-state index contributed by atoms with van der Waals surface area (Å²) in [6.07, 6.45) is 8.99. The van der Waals surface area contributed by atoms with Crippen molar-refractivity contribution in [3.63, 3.8) is 0 Å². The van der Waals surface area contributed by atoms with Crippen LogP contribution in [0.2, 0.25) is 0 Å². The van der Waals surface area contributed by atoms with Gasteiger partial charge in [0.2, 0.25) is 5.91 Å². The molecule has 112 valence electrons. The highest BCUT2D eigenvalue weighted by atomic mass is 16.1. The monoisotopic (exact) mass is 269 g/mol. The lowest BCUT2D eigenvalue weighted by Gasteiger charge is -2.31. The Kier molecular flexibility index (Phi) is 8.84. The average molecular weight is 269 g/mol. The molecule has 0 spiro atoms. The smallest absolute Gasteiger partial charge is 0.233 e. The lowest BCUT2D eigenvalue weighted by molar-refractivity contribution is -0.120. The first-order valence-corrected chi connectivity index (χ1v) is 7.91. The summed E-state index contributed by atoms with van der Waals surface area (Å²) in [5.41, 5.74) is 0. The second-order valence-corrected chi connectivity index (χ2v) is 5.65. The molecule has 0 aromatic heterocycles. The minimum atomic E-state index is 0.119. The van der Waals surface area contributed by atoms with Crippen LogP contribution in [-0.2, 0) is 4.79 Å². The molecule has 1 amide bonds. The first-order valence-electron chi connectivity index (χ1n) is 7.91. The quantitative estimate of drug-likeness (QED) is 0.627. The maximum absolute atomic E-state index is 11.5. The van der Waals surface area contributed by atoms with Crippen LogP contribution >= 0.6 is 0 Å². The van der Waals surface area contributed by atoms with E-state index in [4.69, 9.17) is 0 Å². The van der Waals surface area contributed by atoms with Crippen molar-refractivity contribution in [1.29, 1.82) is 0 Å². The predicted molar refractivity (Wildman–Crippen MR) is 80.3 cm³/mol. The van der Waals surface area contributed by atoms with Gasteiger partial charge in [0.25, 0.3) is 0 Å². The van der Waals surface area contributed by atoms with Crippen molar-refractivity contribution in [1.82, 2.24) is 15.5 Å². The van der Waals surface area contributed by atoms with E-state index >= 15 is 0 Å². The summed E-state index contributed by atoms with van der Waals surface area (Å²) in [7, 11) is 2.22. The van der Waals surface area contributed by atoms with E-state index in [2.05, 4.69) is 29.5 Å². The number of nitrogens with one attached hydrogen (secondary N) is 2. The van der Waals surface area contributed by atoms with E-state index in [0.717, 1.165) is 38.5 Å². The van der Waals surface area contributed by atoms with Crippen LogP contribution in [0.1, 0.15) is 51.9 Å². The van der Waals surface area contributed by atoms with Gasteiger partial charge in [-0.3, -0.25) is 4.79 Å². The highest BCUT2D eigenvalue weighted by Gasteiger charge is 2.17. The molecular weight excluding hydrogens is 238 g/mol. The minimum Gasteiger partial charge on any atom is -0.355 e. The molecule has 1 saturated carbocycles. The zero-order valence-corrected chi connectivity index (χ0v) is 12.7. The summed E-state index contributed by atoms with van der Waals surface area (Å²) in [4.78, 5) is 13.9. The molecule has 1 fully saturated rings. The van der Waals surface area contributed by atoms with Gasteiger partial charge in [0.1, 0.15) is 0 Å². The van der Waals surface area contributed by atoms with E-state index in [-0.39, 0.29) is 5.91 Å². The number of carbonyl (C=O) groups excluding carboxylic acids is 1. The molecule has 19 heavy (non-hydrogen) atoms. The second-order valence-electron chi connectivity index (χ2n) is 5.65. The van der Waals surface area contributed by atoms with Crippen LogP contribution < -0.4 is 10.6 Å². The van der Waals surface area contributed by atoms with Gasteiger partial charge in [-0.15, -0.1) is 0 Å². The van der Waals surface area contributed by atoms with Crippen molar-refractivity contribution >= 4 is 5.91 Å².